The Balaban J connectivity index is 2.54. The Labute approximate surface area is 100 Å². The number of hydrogen-bond donors (Lipinski definition) is 1. The predicted molar refractivity (Wildman–Crippen MR) is 62.8 cm³/mol. The zero-order valence-corrected chi connectivity index (χ0v) is 10.1. The molecule has 5 heteroatoms. The monoisotopic (exact) mass is 240 g/mol. The summed E-state index contributed by atoms with van der Waals surface area (Å²) in [7, 11) is 3.26. The first-order valence-corrected chi connectivity index (χ1v) is 5.38. The molecular weight excluding hydrogens is 223 g/mol. The molecule has 0 saturated heterocycles. The number of methoxy groups -OCH3 is 1. The Morgan fingerprint density at radius 1 is 1.41 bits per heavy atom. The maximum Gasteiger partial charge on any atom is 0.241 e. The summed E-state index contributed by atoms with van der Waals surface area (Å²) >= 11 is 0. The highest BCUT2D eigenvalue weighted by atomic mass is 19.1. The number of ether oxygens (including phenoxy) is 1. The number of benzene rings is 1. The van der Waals surface area contributed by atoms with Gasteiger partial charge in [-0.15, -0.1) is 0 Å². The molecule has 0 aliphatic carbocycles. The zero-order chi connectivity index (χ0) is 12.7. The quantitative estimate of drug-likeness (QED) is 0.754. The molecule has 1 rings (SSSR count). The van der Waals surface area contributed by atoms with Gasteiger partial charge >= 0.3 is 0 Å². The molecule has 0 spiro atoms. The molecule has 0 aromatic heterocycles. The van der Waals surface area contributed by atoms with Crippen LogP contribution in [0.15, 0.2) is 24.3 Å². The van der Waals surface area contributed by atoms with E-state index < -0.39 is 0 Å². The van der Waals surface area contributed by atoms with Crippen molar-refractivity contribution in [2.24, 2.45) is 0 Å². The summed E-state index contributed by atoms with van der Waals surface area (Å²) in [6.07, 6.45) is 0.241. The van der Waals surface area contributed by atoms with Gasteiger partial charge < -0.3 is 4.74 Å². The first-order valence-electron chi connectivity index (χ1n) is 5.38. The summed E-state index contributed by atoms with van der Waals surface area (Å²) in [4.78, 5) is 11.8. The predicted octanol–water partition coefficient (Wildman–Crippen LogP) is 0.978. The fourth-order valence-electron chi connectivity index (χ4n) is 1.42. The molecule has 0 saturated carbocycles. The molecule has 17 heavy (non-hydrogen) atoms. The second kappa shape index (κ2) is 6.98. The fraction of sp³-hybridized carbons (Fsp3) is 0.417. The van der Waals surface area contributed by atoms with Crippen LogP contribution in [0.1, 0.15) is 5.56 Å². The van der Waals surface area contributed by atoms with Gasteiger partial charge in [-0.2, -0.15) is 0 Å². The Morgan fingerprint density at radius 3 is 2.59 bits per heavy atom. The highest BCUT2D eigenvalue weighted by Crippen LogP contribution is 2.04. The zero-order valence-electron chi connectivity index (χ0n) is 10.1. The molecule has 1 amide bonds. The van der Waals surface area contributed by atoms with Crippen LogP contribution < -0.4 is 5.43 Å². The van der Waals surface area contributed by atoms with Gasteiger partial charge in [0.05, 0.1) is 19.6 Å². The van der Waals surface area contributed by atoms with Crippen molar-refractivity contribution in [1.29, 1.82) is 0 Å². The topological polar surface area (TPSA) is 41.6 Å². The van der Waals surface area contributed by atoms with E-state index in [-0.39, 0.29) is 18.1 Å². The van der Waals surface area contributed by atoms with E-state index in [0.29, 0.717) is 13.2 Å². The van der Waals surface area contributed by atoms with Gasteiger partial charge in [0.2, 0.25) is 5.91 Å². The summed E-state index contributed by atoms with van der Waals surface area (Å²) in [5.74, 6) is -0.373. The van der Waals surface area contributed by atoms with Crippen molar-refractivity contribution in [3.63, 3.8) is 0 Å². The lowest BCUT2D eigenvalue weighted by Crippen LogP contribution is -2.43. The fourth-order valence-corrected chi connectivity index (χ4v) is 1.42. The number of rotatable bonds is 6. The van der Waals surface area contributed by atoms with Crippen LogP contribution in [0.25, 0.3) is 0 Å². The Morgan fingerprint density at radius 2 is 2.06 bits per heavy atom. The van der Waals surface area contributed by atoms with Gasteiger partial charge in [-0.1, -0.05) is 12.1 Å². The smallest absolute Gasteiger partial charge is 0.241 e. The van der Waals surface area contributed by atoms with Gasteiger partial charge in [-0.25, -0.2) is 9.82 Å². The molecule has 0 fully saturated rings. The molecule has 4 nitrogen and oxygen atoms in total. The third-order valence-corrected chi connectivity index (χ3v) is 2.36. The van der Waals surface area contributed by atoms with E-state index in [9.17, 15) is 9.18 Å². The number of halogens is 1. The van der Waals surface area contributed by atoms with Crippen molar-refractivity contribution in [2.75, 3.05) is 27.3 Å². The summed E-state index contributed by atoms with van der Waals surface area (Å²) in [6.45, 7) is 0.947. The maximum absolute atomic E-state index is 12.7. The van der Waals surface area contributed by atoms with Crippen molar-refractivity contribution in [3.05, 3.63) is 35.6 Å². The lowest BCUT2D eigenvalue weighted by atomic mass is 10.1. The molecule has 94 valence electrons. The molecule has 0 bridgehead atoms. The van der Waals surface area contributed by atoms with E-state index in [1.807, 2.05) is 0 Å². The molecule has 0 aliphatic heterocycles. The van der Waals surface area contributed by atoms with Gasteiger partial charge in [0.25, 0.3) is 0 Å². The van der Waals surface area contributed by atoms with Gasteiger partial charge in [0.15, 0.2) is 0 Å². The Bertz CT molecular complexity index is 354. The van der Waals surface area contributed by atoms with E-state index in [1.165, 1.54) is 17.1 Å². The molecule has 1 N–H and O–H groups in total. The highest BCUT2D eigenvalue weighted by molar-refractivity contribution is 5.78. The summed E-state index contributed by atoms with van der Waals surface area (Å²) in [6, 6.07) is 5.91. The van der Waals surface area contributed by atoms with Crippen LogP contribution >= 0.6 is 0 Å². The minimum Gasteiger partial charge on any atom is -0.383 e. The summed E-state index contributed by atoms with van der Waals surface area (Å²) in [5.41, 5.74) is 3.58. The molecular formula is C12H17FN2O2. The van der Waals surface area contributed by atoms with E-state index in [0.717, 1.165) is 5.56 Å². The van der Waals surface area contributed by atoms with Crippen LogP contribution in [-0.4, -0.2) is 38.2 Å². The van der Waals surface area contributed by atoms with Gasteiger partial charge in [-0.05, 0) is 17.7 Å². The minimum absolute atomic E-state index is 0.0730. The van der Waals surface area contributed by atoms with E-state index >= 15 is 0 Å². The molecule has 0 aliphatic rings. The maximum atomic E-state index is 12.7. The molecule has 0 radical (unpaired) electrons. The number of nitrogens with one attached hydrogen (secondary N) is 1. The summed E-state index contributed by atoms with van der Waals surface area (Å²) in [5, 5.41) is 1.48. The van der Waals surface area contributed by atoms with Crippen molar-refractivity contribution in [3.8, 4) is 0 Å². The van der Waals surface area contributed by atoms with Crippen LogP contribution in [0, 0.1) is 5.82 Å². The van der Waals surface area contributed by atoms with Gasteiger partial charge in [-0.3, -0.25) is 9.80 Å². The molecule has 0 unspecified atom stereocenters. The standard InChI is InChI=1S/C12H17FN2O2/c1-14-15(7-8-17-2)12(16)9-10-3-5-11(13)6-4-10/h3-6,14H,7-9H2,1-2H3. The molecule has 1 aromatic rings. The van der Waals surface area contributed by atoms with Crippen molar-refractivity contribution < 1.29 is 13.9 Å². The van der Waals surface area contributed by atoms with Crippen LogP contribution in [0.5, 0.6) is 0 Å². The van der Waals surface area contributed by atoms with Crippen LogP contribution in [-0.2, 0) is 16.0 Å². The Kier molecular flexibility index (Phi) is 5.59. The van der Waals surface area contributed by atoms with E-state index in [1.54, 1.807) is 26.3 Å². The second-order valence-corrected chi connectivity index (χ2v) is 3.57. The first kappa shape index (κ1) is 13.6. The molecule has 1 aromatic carbocycles. The Hall–Kier alpha value is -1.46. The normalized spacial score (nSPS) is 10.3. The minimum atomic E-state index is -0.300. The van der Waals surface area contributed by atoms with E-state index in [4.69, 9.17) is 4.74 Å². The number of hydrazine groups is 1. The van der Waals surface area contributed by atoms with Crippen LogP contribution in [0.4, 0.5) is 4.39 Å². The van der Waals surface area contributed by atoms with Gasteiger partial charge in [0, 0.05) is 14.2 Å². The van der Waals surface area contributed by atoms with Crippen LogP contribution in [0.3, 0.4) is 0 Å². The second-order valence-electron chi connectivity index (χ2n) is 3.57. The van der Waals surface area contributed by atoms with Crippen molar-refractivity contribution >= 4 is 5.91 Å². The van der Waals surface area contributed by atoms with Crippen molar-refractivity contribution in [1.82, 2.24) is 10.4 Å². The third-order valence-electron chi connectivity index (χ3n) is 2.36. The number of carbonyl (C=O) groups excluding carboxylic acids is 1. The first-order chi connectivity index (χ1) is 8.17. The molecule has 0 atom stereocenters. The number of hydrogen-bond acceptors (Lipinski definition) is 3. The number of nitrogens with zero attached hydrogens (tertiary/aromatic N) is 1. The number of amides is 1. The SMILES string of the molecule is CNN(CCOC)C(=O)Cc1ccc(F)cc1. The lowest BCUT2D eigenvalue weighted by molar-refractivity contribution is -0.133. The summed E-state index contributed by atoms with van der Waals surface area (Å²) < 4.78 is 17.6. The van der Waals surface area contributed by atoms with E-state index in [2.05, 4.69) is 5.43 Å². The average Bonchev–Trinajstić information content (AvgIpc) is 2.33. The highest BCUT2D eigenvalue weighted by Gasteiger charge is 2.11. The molecule has 0 heterocycles. The third kappa shape index (κ3) is 4.50. The number of carbonyl (C=O) groups is 1. The largest absolute Gasteiger partial charge is 0.383 e. The lowest BCUT2D eigenvalue weighted by Gasteiger charge is -2.20. The van der Waals surface area contributed by atoms with Crippen molar-refractivity contribution in [2.45, 2.75) is 6.42 Å². The average molecular weight is 240 g/mol. The van der Waals surface area contributed by atoms with Gasteiger partial charge in [0.1, 0.15) is 5.82 Å². The van der Waals surface area contributed by atoms with Crippen LogP contribution in [0.2, 0.25) is 0 Å².